The Bertz CT molecular complexity index is 356. The summed E-state index contributed by atoms with van der Waals surface area (Å²) in [4.78, 5) is 0. The summed E-state index contributed by atoms with van der Waals surface area (Å²) in [6, 6.07) is 0. The fraction of sp³-hybridized carbons (Fsp3) is 1.00. The normalized spacial score (nSPS) is 28.9. The molecule has 0 radical (unpaired) electrons. The molecule has 0 saturated carbocycles. The lowest BCUT2D eigenvalue weighted by Gasteiger charge is -2.27. The van der Waals surface area contributed by atoms with Crippen molar-refractivity contribution in [2.45, 2.75) is 102 Å². The molecule has 0 aliphatic carbocycles. The first-order valence-electron chi connectivity index (χ1n) is 11.2. The van der Waals surface area contributed by atoms with Gasteiger partial charge in [0.1, 0.15) is 11.2 Å². The Morgan fingerprint density at radius 3 is 1.41 bits per heavy atom. The van der Waals surface area contributed by atoms with Crippen LogP contribution in [0.2, 0.25) is 0 Å². The number of epoxide rings is 2. The molecular weight excluding hydrogens is 344 g/mol. The molecule has 2 aliphatic rings. The Kier molecular flexibility index (Phi) is 10.0. The number of hydrogen-bond acceptors (Lipinski definition) is 5. The van der Waals surface area contributed by atoms with Crippen molar-refractivity contribution in [1.82, 2.24) is 0 Å². The lowest BCUT2D eigenvalue weighted by Crippen LogP contribution is -2.41. The van der Waals surface area contributed by atoms with Gasteiger partial charge < -0.3 is 23.7 Å². The van der Waals surface area contributed by atoms with Crippen LogP contribution in [0.1, 0.15) is 79.1 Å². The largest absolute Gasteiger partial charge is 0.375 e. The topological polar surface area (TPSA) is 52.8 Å². The summed E-state index contributed by atoms with van der Waals surface area (Å²) in [6.45, 7) is 12.7. The second kappa shape index (κ2) is 11.7. The van der Waals surface area contributed by atoms with Gasteiger partial charge in [0.05, 0.1) is 38.6 Å². The van der Waals surface area contributed by atoms with E-state index in [1.54, 1.807) is 0 Å². The molecule has 0 amide bonds. The van der Waals surface area contributed by atoms with Gasteiger partial charge in [-0.3, -0.25) is 0 Å². The molecule has 0 aromatic carbocycles. The maximum atomic E-state index is 6.15. The summed E-state index contributed by atoms with van der Waals surface area (Å²) >= 11 is 0. The van der Waals surface area contributed by atoms with E-state index in [0.717, 1.165) is 39.3 Å². The van der Waals surface area contributed by atoms with Crippen molar-refractivity contribution < 1.29 is 23.7 Å². The van der Waals surface area contributed by atoms with E-state index in [2.05, 4.69) is 27.7 Å². The third-order valence-corrected chi connectivity index (χ3v) is 5.77. The van der Waals surface area contributed by atoms with Gasteiger partial charge in [0, 0.05) is 13.2 Å². The fourth-order valence-electron chi connectivity index (χ4n) is 3.86. The van der Waals surface area contributed by atoms with Crippen molar-refractivity contribution in [3.63, 3.8) is 0 Å². The average Bonchev–Trinajstić information content (AvgIpc) is 3.58. The van der Waals surface area contributed by atoms with Crippen LogP contribution in [0, 0.1) is 0 Å². The average molecular weight is 387 g/mol. The SMILES string of the molecule is CCCCCC(OCC)C1(COCC2(C(CCCCC)OCC)CO2)CO1. The van der Waals surface area contributed by atoms with E-state index in [1.807, 2.05) is 0 Å². The molecule has 4 atom stereocenters. The first kappa shape index (κ1) is 23.1. The van der Waals surface area contributed by atoms with Gasteiger partial charge in [0.2, 0.25) is 0 Å². The van der Waals surface area contributed by atoms with Crippen molar-refractivity contribution in [1.29, 1.82) is 0 Å². The van der Waals surface area contributed by atoms with Crippen LogP contribution in [0.15, 0.2) is 0 Å². The van der Waals surface area contributed by atoms with Gasteiger partial charge in [-0.05, 0) is 26.7 Å². The van der Waals surface area contributed by atoms with Crippen LogP contribution in [-0.2, 0) is 23.7 Å². The molecule has 2 saturated heterocycles. The van der Waals surface area contributed by atoms with Crippen LogP contribution in [0.3, 0.4) is 0 Å². The number of ether oxygens (including phenoxy) is 5. The summed E-state index contributed by atoms with van der Waals surface area (Å²) in [6.07, 6.45) is 9.66. The molecular formula is C22H42O5. The Balaban J connectivity index is 1.80. The van der Waals surface area contributed by atoms with Crippen molar-refractivity contribution in [2.24, 2.45) is 0 Å². The highest BCUT2D eigenvalue weighted by atomic mass is 16.7. The van der Waals surface area contributed by atoms with Crippen molar-refractivity contribution in [3.8, 4) is 0 Å². The quantitative estimate of drug-likeness (QED) is 0.256. The van der Waals surface area contributed by atoms with Crippen LogP contribution in [0.25, 0.3) is 0 Å². The van der Waals surface area contributed by atoms with Crippen LogP contribution in [-0.4, -0.2) is 63.1 Å². The van der Waals surface area contributed by atoms with Gasteiger partial charge in [0.15, 0.2) is 0 Å². The molecule has 0 N–H and O–H groups in total. The van der Waals surface area contributed by atoms with Crippen LogP contribution < -0.4 is 0 Å². The Morgan fingerprint density at radius 1 is 0.704 bits per heavy atom. The zero-order valence-corrected chi connectivity index (χ0v) is 18.1. The lowest BCUT2D eigenvalue weighted by atomic mass is 9.97. The predicted octanol–water partition coefficient (Wildman–Crippen LogP) is 4.51. The first-order valence-corrected chi connectivity index (χ1v) is 11.2. The Labute approximate surface area is 166 Å². The van der Waals surface area contributed by atoms with Crippen LogP contribution >= 0.6 is 0 Å². The zero-order valence-electron chi connectivity index (χ0n) is 18.1. The first-order chi connectivity index (χ1) is 13.2. The van der Waals surface area contributed by atoms with Crippen molar-refractivity contribution in [3.05, 3.63) is 0 Å². The van der Waals surface area contributed by atoms with Gasteiger partial charge in [-0.25, -0.2) is 0 Å². The minimum Gasteiger partial charge on any atom is -0.375 e. The highest BCUT2D eigenvalue weighted by Gasteiger charge is 2.55. The predicted molar refractivity (Wildman–Crippen MR) is 107 cm³/mol. The molecule has 5 nitrogen and oxygen atoms in total. The number of rotatable bonds is 18. The molecule has 0 aromatic heterocycles. The van der Waals surface area contributed by atoms with Gasteiger partial charge in [-0.2, -0.15) is 0 Å². The van der Waals surface area contributed by atoms with E-state index in [4.69, 9.17) is 23.7 Å². The summed E-state index contributed by atoms with van der Waals surface area (Å²) in [5.41, 5.74) is -0.494. The van der Waals surface area contributed by atoms with E-state index in [1.165, 1.54) is 38.5 Å². The Hall–Kier alpha value is -0.200. The van der Waals surface area contributed by atoms with Crippen molar-refractivity contribution >= 4 is 0 Å². The molecule has 2 heterocycles. The zero-order chi connectivity index (χ0) is 19.6. The lowest BCUT2D eigenvalue weighted by molar-refractivity contribution is -0.0704. The van der Waals surface area contributed by atoms with Gasteiger partial charge in [-0.1, -0.05) is 52.4 Å². The van der Waals surface area contributed by atoms with E-state index in [-0.39, 0.29) is 23.4 Å². The van der Waals surface area contributed by atoms with E-state index in [9.17, 15) is 0 Å². The van der Waals surface area contributed by atoms with E-state index < -0.39 is 0 Å². The minimum atomic E-state index is -0.247. The van der Waals surface area contributed by atoms with Gasteiger partial charge >= 0.3 is 0 Å². The summed E-state index contributed by atoms with van der Waals surface area (Å²) < 4.78 is 29.8. The van der Waals surface area contributed by atoms with E-state index >= 15 is 0 Å². The molecule has 2 rings (SSSR count). The molecule has 27 heavy (non-hydrogen) atoms. The summed E-state index contributed by atoms with van der Waals surface area (Å²) in [5, 5.41) is 0. The Morgan fingerprint density at radius 2 is 1.11 bits per heavy atom. The number of hydrogen-bond donors (Lipinski definition) is 0. The maximum Gasteiger partial charge on any atom is 0.141 e. The minimum absolute atomic E-state index is 0.136. The smallest absolute Gasteiger partial charge is 0.141 e. The fourth-order valence-corrected chi connectivity index (χ4v) is 3.86. The molecule has 0 spiro atoms. The van der Waals surface area contributed by atoms with Crippen LogP contribution in [0.5, 0.6) is 0 Å². The standard InChI is InChI=1S/C22H42O5/c1-5-9-11-13-19(24-7-3)21(17-26-21)15-23-16-22(18-27-22)20(25-8-4)14-12-10-6-2/h19-20H,5-18H2,1-4H3. The molecule has 0 bridgehead atoms. The molecule has 160 valence electrons. The highest BCUT2D eigenvalue weighted by molar-refractivity contribution is 5.02. The second-order valence-electron chi connectivity index (χ2n) is 8.08. The van der Waals surface area contributed by atoms with Gasteiger partial charge in [0.25, 0.3) is 0 Å². The highest BCUT2D eigenvalue weighted by Crippen LogP contribution is 2.39. The number of unbranched alkanes of at least 4 members (excludes halogenated alkanes) is 4. The van der Waals surface area contributed by atoms with E-state index in [0.29, 0.717) is 13.2 Å². The van der Waals surface area contributed by atoms with Crippen molar-refractivity contribution in [2.75, 3.05) is 39.6 Å². The van der Waals surface area contributed by atoms with Crippen LogP contribution in [0.4, 0.5) is 0 Å². The summed E-state index contributed by atoms with van der Waals surface area (Å²) in [5.74, 6) is 0. The maximum absolute atomic E-state index is 6.15. The second-order valence-corrected chi connectivity index (χ2v) is 8.08. The third-order valence-electron chi connectivity index (χ3n) is 5.77. The summed E-state index contributed by atoms with van der Waals surface area (Å²) in [7, 11) is 0. The molecule has 0 aromatic rings. The monoisotopic (exact) mass is 386 g/mol. The van der Waals surface area contributed by atoms with Gasteiger partial charge in [-0.15, -0.1) is 0 Å². The molecule has 2 fully saturated rings. The third kappa shape index (κ3) is 6.97. The molecule has 4 unspecified atom stereocenters. The molecule has 2 aliphatic heterocycles. The molecule has 5 heteroatoms.